The van der Waals surface area contributed by atoms with Gasteiger partial charge in [0.15, 0.2) is 9.84 Å². The SMILES string of the molecule is O=S(=O)(CCCCl)c1cccc(F)c1. The van der Waals surface area contributed by atoms with Crippen molar-refractivity contribution in [2.45, 2.75) is 11.3 Å². The molecule has 5 heteroatoms. The Morgan fingerprint density at radius 3 is 2.64 bits per heavy atom. The number of benzene rings is 1. The molecule has 0 aromatic heterocycles. The summed E-state index contributed by atoms with van der Waals surface area (Å²) < 4.78 is 35.8. The van der Waals surface area contributed by atoms with Gasteiger partial charge in [-0.25, -0.2) is 12.8 Å². The summed E-state index contributed by atoms with van der Waals surface area (Å²) in [5, 5.41) is 0. The molecule has 0 fully saturated rings. The zero-order chi connectivity index (χ0) is 10.6. The molecule has 0 amide bonds. The van der Waals surface area contributed by atoms with Crippen molar-refractivity contribution in [1.82, 2.24) is 0 Å². The molecule has 1 rings (SSSR count). The van der Waals surface area contributed by atoms with Gasteiger partial charge in [-0.2, -0.15) is 0 Å². The Hall–Kier alpha value is -0.610. The summed E-state index contributed by atoms with van der Waals surface area (Å²) in [5.74, 6) is -0.300. The maximum absolute atomic E-state index is 12.7. The van der Waals surface area contributed by atoms with E-state index in [1.165, 1.54) is 18.2 Å². The molecule has 0 unspecified atom stereocenters. The largest absolute Gasteiger partial charge is 0.224 e. The number of hydrogen-bond acceptors (Lipinski definition) is 2. The Morgan fingerprint density at radius 1 is 1.36 bits per heavy atom. The predicted octanol–water partition coefficient (Wildman–Crippen LogP) is 2.23. The highest BCUT2D eigenvalue weighted by molar-refractivity contribution is 7.91. The van der Waals surface area contributed by atoms with E-state index in [2.05, 4.69) is 0 Å². The second kappa shape index (κ2) is 4.75. The lowest BCUT2D eigenvalue weighted by Crippen LogP contribution is -2.07. The smallest absolute Gasteiger partial charge is 0.178 e. The van der Waals surface area contributed by atoms with Crippen LogP contribution in [-0.2, 0) is 9.84 Å². The molecule has 0 saturated carbocycles. The van der Waals surface area contributed by atoms with Gasteiger partial charge in [0.25, 0.3) is 0 Å². The normalized spacial score (nSPS) is 11.6. The molecule has 0 aliphatic heterocycles. The highest BCUT2D eigenvalue weighted by Gasteiger charge is 2.13. The Labute approximate surface area is 87.6 Å². The van der Waals surface area contributed by atoms with Crippen molar-refractivity contribution in [3.8, 4) is 0 Å². The number of hydrogen-bond donors (Lipinski definition) is 0. The lowest BCUT2D eigenvalue weighted by molar-refractivity contribution is 0.589. The third-order valence-electron chi connectivity index (χ3n) is 1.70. The molecule has 1 aromatic rings. The molecule has 0 heterocycles. The van der Waals surface area contributed by atoms with Gasteiger partial charge < -0.3 is 0 Å². The molecule has 0 spiro atoms. The van der Waals surface area contributed by atoms with Crippen LogP contribution >= 0.6 is 11.6 Å². The van der Waals surface area contributed by atoms with Crippen LogP contribution in [0.4, 0.5) is 4.39 Å². The van der Waals surface area contributed by atoms with Gasteiger partial charge in [0.05, 0.1) is 10.6 Å². The average Bonchev–Trinajstić information content (AvgIpc) is 2.15. The van der Waals surface area contributed by atoms with Crippen molar-refractivity contribution in [3.63, 3.8) is 0 Å². The van der Waals surface area contributed by atoms with Crippen molar-refractivity contribution in [2.24, 2.45) is 0 Å². The first-order valence-corrected chi connectivity index (χ1v) is 6.29. The summed E-state index contributed by atoms with van der Waals surface area (Å²) in [6.45, 7) is 0. The lowest BCUT2D eigenvalue weighted by Gasteiger charge is -2.02. The third kappa shape index (κ3) is 2.96. The highest BCUT2D eigenvalue weighted by Crippen LogP contribution is 2.13. The van der Waals surface area contributed by atoms with Crippen LogP contribution < -0.4 is 0 Å². The van der Waals surface area contributed by atoms with Gasteiger partial charge in [0, 0.05) is 5.88 Å². The molecule has 78 valence electrons. The van der Waals surface area contributed by atoms with Gasteiger partial charge in [0.2, 0.25) is 0 Å². The van der Waals surface area contributed by atoms with Crippen LogP contribution in [0.15, 0.2) is 29.2 Å². The minimum atomic E-state index is -3.37. The minimum Gasteiger partial charge on any atom is -0.224 e. The van der Waals surface area contributed by atoms with E-state index in [1.54, 1.807) is 0 Å². The van der Waals surface area contributed by atoms with E-state index in [0.717, 1.165) is 6.07 Å². The van der Waals surface area contributed by atoms with Crippen molar-refractivity contribution >= 4 is 21.4 Å². The van der Waals surface area contributed by atoms with E-state index in [4.69, 9.17) is 11.6 Å². The van der Waals surface area contributed by atoms with E-state index in [0.29, 0.717) is 6.42 Å². The van der Waals surface area contributed by atoms with Crippen LogP contribution in [-0.4, -0.2) is 20.1 Å². The minimum absolute atomic E-state index is 0.0163. The van der Waals surface area contributed by atoms with Gasteiger partial charge in [-0.05, 0) is 24.6 Å². The summed E-state index contributed by atoms with van der Waals surface area (Å²) in [6.07, 6.45) is 0.375. The van der Waals surface area contributed by atoms with Crippen LogP contribution in [0.5, 0.6) is 0 Å². The monoisotopic (exact) mass is 236 g/mol. The zero-order valence-corrected chi connectivity index (χ0v) is 8.98. The van der Waals surface area contributed by atoms with Crippen LogP contribution in [0.2, 0.25) is 0 Å². The van der Waals surface area contributed by atoms with Crippen molar-refractivity contribution in [1.29, 1.82) is 0 Å². The molecule has 0 radical (unpaired) electrons. The Bertz CT molecular complexity index is 403. The first-order valence-electron chi connectivity index (χ1n) is 4.10. The van der Waals surface area contributed by atoms with E-state index in [9.17, 15) is 12.8 Å². The van der Waals surface area contributed by atoms with Crippen molar-refractivity contribution in [3.05, 3.63) is 30.1 Å². The number of rotatable bonds is 4. The number of sulfone groups is 1. The first kappa shape index (κ1) is 11.5. The van der Waals surface area contributed by atoms with Crippen LogP contribution in [0.25, 0.3) is 0 Å². The fraction of sp³-hybridized carbons (Fsp3) is 0.333. The van der Waals surface area contributed by atoms with Gasteiger partial charge in [0.1, 0.15) is 5.82 Å². The molecule has 1 aromatic carbocycles. The van der Waals surface area contributed by atoms with Crippen LogP contribution in [0.3, 0.4) is 0 Å². The fourth-order valence-corrected chi connectivity index (χ4v) is 2.65. The maximum atomic E-state index is 12.7. The second-order valence-corrected chi connectivity index (χ2v) is 5.31. The fourth-order valence-electron chi connectivity index (χ4n) is 1.02. The molecule has 0 aliphatic carbocycles. The summed E-state index contributed by atoms with van der Waals surface area (Å²) >= 11 is 5.39. The second-order valence-electron chi connectivity index (χ2n) is 2.82. The van der Waals surface area contributed by atoms with Crippen LogP contribution in [0.1, 0.15) is 6.42 Å². The number of alkyl halides is 1. The molecule has 0 aliphatic rings. The first-order chi connectivity index (χ1) is 6.56. The van der Waals surface area contributed by atoms with Gasteiger partial charge in [-0.3, -0.25) is 0 Å². The maximum Gasteiger partial charge on any atom is 0.178 e. The molecular weight excluding hydrogens is 227 g/mol. The highest BCUT2D eigenvalue weighted by atomic mass is 35.5. The predicted molar refractivity (Wildman–Crippen MR) is 53.8 cm³/mol. The zero-order valence-electron chi connectivity index (χ0n) is 7.41. The summed E-state index contributed by atoms with van der Waals surface area (Å²) in [5.41, 5.74) is 0. The molecule has 0 saturated heterocycles. The third-order valence-corrected chi connectivity index (χ3v) is 3.77. The topological polar surface area (TPSA) is 34.1 Å². The Morgan fingerprint density at radius 2 is 2.07 bits per heavy atom. The molecular formula is C9H10ClFO2S. The number of halogens is 2. The van der Waals surface area contributed by atoms with E-state index < -0.39 is 15.7 Å². The van der Waals surface area contributed by atoms with Crippen LogP contribution in [0, 0.1) is 5.82 Å². The summed E-state index contributed by atoms with van der Waals surface area (Å²) in [6, 6.07) is 4.99. The summed E-state index contributed by atoms with van der Waals surface area (Å²) in [7, 11) is -3.37. The van der Waals surface area contributed by atoms with Crippen molar-refractivity contribution in [2.75, 3.05) is 11.6 Å². The Kier molecular flexibility index (Phi) is 3.89. The van der Waals surface area contributed by atoms with Crippen molar-refractivity contribution < 1.29 is 12.8 Å². The lowest BCUT2D eigenvalue weighted by atomic mass is 10.4. The van der Waals surface area contributed by atoms with Gasteiger partial charge in [-0.15, -0.1) is 11.6 Å². The Balaban J connectivity index is 2.93. The quantitative estimate of drug-likeness (QED) is 0.752. The summed E-state index contributed by atoms with van der Waals surface area (Å²) in [4.78, 5) is 0.0163. The van der Waals surface area contributed by atoms with Gasteiger partial charge in [-0.1, -0.05) is 6.07 Å². The standard InChI is InChI=1S/C9H10ClFO2S/c10-5-2-6-14(12,13)9-4-1-3-8(11)7-9/h1,3-4,7H,2,5-6H2. The molecule has 14 heavy (non-hydrogen) atoms. The van der Waals surface area contributed by atoms with E-state index >= 15 is 0 Å². The molecule has 0 atom stereocenters. The molecule has 0 bridgehead atoms. The average molecular weight is 237 g/mol. The van der Waals surface area contributed by atoms with E-state index in [1.807, 2.05) is 0 Å². The molecule has 0 N–H and O–H groups in total. The van der Waals surface area contributed by atoms with Gasteiger partial charge >= 0.3 is 0 Å². The van der Waals surface area contributed by atoms with E-state index in [-0.39, 0.29) is 16.5 Å². The molecule has 2 nitrogen and oxygen atoms in total.